The third-order valence-electron chi connectivity index (χ3n) is 8.60. The van der Waals surface area contributed by atoms with E-state index in [0.29, 0.717) is 5.92 Å². The van der Waals surface area contributed by atoms with Gasteiger partial charge in [0.05, 0.1) is 31.0 Å². The summed E-state index contributed by atoms with van der Waals surface area (Å²) < 4.78 is 2.41. The van der Waals surface area contributed by atoms with Crippen LogP contribution in [0.5, 0.6) is 0 Å². The second-order valence-corrected chi connectivity index (χ2v) is 14.8. The van der Waals surface area contributed by atoms with Crippen LogP contribution in [0.25, 0.3) is 80.5 Å². The van der Waals surface area contributed by atoms with Crippen LogP contribution in [0.15, 0.2) is 121 Å². The smallest absolute Gasteiger partial charge is 0.124 e. The summed E-state index contributed by atoms with van der Waals surface area (Å²) in [4.78, 5) is 16.2. The highest BCUT2D eigenvalue weighted by Crippen LogP contribution is 2.40. The van der Waals surface area contributed by atoms with E-state index in [4.69, 9.17) is 15.0 Å². The van der Waals surface area contributed by atoms with Gasteiger partial charge in [-0.25, -0.2) is 15.0 Å². The van der Waals surface area contributed by atoms with Crippen LogP contribution in [0.3, 0.4) is 0 Å². The van der Waals surface area contributed by atoms with Crippen molar-refractivity contribution in [2.24, 2.45) is 0 Å². The van der Waals surface area contributed by atoms with Gasteiger partial charge in [-0.15, -0.1) is 34.0 Å². The van der Waals surface area contributed by atoms with Crippen molar-refractivity contribution in [1.29, 1.82) is 0 Å². The number of benzene rings is 5. The van der Waals surface area contributed by atoms with Gasteiger partial charge in [0.25, 0.3) is 0 Å². The van der Waals surface area contributed by atoms with E-state index in [2.05, 4.69) is 128 Å². The first-order chi connectivity index (χ1) is 22.6. The van der Waals surface area contributed by atoms with E-state index in [1.54, 1.807) is 34.0 Å². The van der Waals surface area contributed by atoms with E-state index in [0.717, 1.165) is 49.2 Å². The van der Waals surface area contributed by atoms with Gasteiger partial charge in [0.1, 0.15) is 15.0 Å². The number of thiazole rings is 3. The first-order valence-corrected chi connectivity index (χ1v) is 17.8. The summed E-state index contributed by atoms with van der Waals surface area (Å²) in [6, 6.07) is 41.2. The van der Waals surface area contributed by atoms with Gasteiger partial charge in [-0.3, -0.25) is 0 Å². The molecule has 5 aromatic carbocycles. The molecule has 1 atom stereocenters. The second-order valence-electron chi connectivity index (χ2n) is 11.7. The van der Waals surface area contributed by atoms with Crippen LogP contribution in [0.4, 0.5) is 0 Å². The van der Waals surface area contributed by atoms with Crippen LogP contribution in [-0.4, -0.2) is 15.0 Å². The van der Waals surface area contributed by atoms with Crippen molar-refractivity contribution in [1.82, 2.24) is 15.0 Å². The van der Waals surface area contributed by atoms with Crippen molar-refractivity contribution in [2.45, 2.75) is 19.3 Å². The molecule has 220 valence electrons. The Bertz CT molecular complexity index is 2340. The third kappa shape index (κ3) is 4.99. The first-order valence-electron chi connectivity index (χ1n) is 15.4. The van der Waals surface area contributed by atoms with Crippen molar-refractivity contribution < 1.29 is 0 Å². The number of fused-ring (bicyclic) bond motifs is 3. The summed E-state index contributed by atoms with van der Waals surface area (Å²) in [6.45, 7) is 2.26. The Hall–Kier alpha value is -4.75. The summed E-state index contributed by atoms with van der Waals surface area (Å²) in [6.07, 6.45) is 5.56. The lowest BCUT2D eigenvalue weighted by Gasteiger charge is -2.11. The van der Waals surface area contributed by atoms with Gasteiger partial charge >= 0.3 is 0 Å². The van der Waals surface area contributed by atoms with Crippen LogP contribution in [-0.2, 0) is 0 Å². The van der Waals surface area contributed by atoms with Crippen LogP contribution in [0, 0.1) is 0 Å². The van der Waals surface area contributed by atoms with Crippen molar-refractivity contribution in [3.63, 3.8) is 0 Å². The molecule has 0 aliphatic heterocycles. The highest BCUT2D eigenvalue weighted by Gasteiger charge is 2.19. The van der Waals surface area contributed by atoms with Gasteiger partial charge in [0, 0.05) is 22.6 Å². The van der Waals surface area contributed by atoms with Gasteiger partial charge in [-0.2, -0.15) is 0 Å². The molecule has 46 heavy (non-hydrogen) atoms. The fraction of sp³-hybridized carbons (Fsp3) is 0.0750. The van der Waals surface area contributed by atoms with Crippen LogP contribution in [0.2, 0.25) is 0 Å². The normalized spacial score (nSPS) is 14.2. The Morgan fingerprint density at radius 2 is 0.978 bits per heavy atom. The fourth-order valence-corrected chi connectivity index (χ4v) is 9.16. The van der Waals surface area contributed by atoms with Gasteiger partial charge in [-0.05, 0) is 77.2 Å². The summed E-state index contributed by atoms with van der Waals surface area (Å²) >= 11 is 5.26. The molecule has 3 heterocycles. The maximum atomic E-state index is 5.03. The average molecular weight is 646 g/mol. The van der Waals surface area contributed by atoms with E-state index in [9.17, 15) is 0 Å². The Labute approximate surface area is 279 Å². The maximum absolute atomic E-state index is 5.03. The fourth-order valence-electron chi connectivity index (χ4n) is 6.12. The minimum absolute atomic E-state index is 0.475. The second kappa shape index (κ2) is 11.2. The van der Waals surface area contributed by atoms with Crippen molar-refractivity contribution in [2.75, 3.05) is 0 Å². The monoisotopic (exact) mass is 645 g/mol. The minimum atomic E-state index is 0.475. The lowest BCUT2D eigenvalue weighted by Crippen LogP contribution is -1.97. The van der Waals surface area contributed by atoms with Crippen LogP contribution >= 0.6 is 34.0 Å². The molecule has 0 radical (unpaired) electrons. The molecule has 1 unspecified atom stereocenters. The van der Waals surface area contributed by atoms with Crippen molar-refractivity contribution >= 4 is 60.5 Å². The average Bonchev–Trinajstić information content (AvgIpc) is 3.86. The van der Waals surface area contributed by atoms with Crippen LogP contribution < -0.4 is 0 Å². The van der Waals surface area contributed by atoms with E-state index in [1.165, 1.54) is 42.2 Å². The minimum Gasteiger partial charge on any atom is -0.240 e. The molecule has 0 amide bonds. The summed E-state index contributed by atoms with van der Waals surface area (Å²) in [5.41, 5.74) is 11.4. The number of rotatable bonds is 5. The lowest BCUT2D eigenvalue weighted by atomic mass is 9.95. The van der Waals surface area contributed by atoms with E-state index in [1.807, 2.05) is 6.07 Å². The molecule has 0 N–H and O–H groups in total. The molecule has 0 bridgehead atoms. The molecular weight excluding hydrogens is 619 g/mol. The topological polar surface area (TPSA) is 38.7 Å². The quantitative estimate of drug-likeness (QED) is 0.187. The molecule has 0 fully saturated rings. The number of allylic oxidation sites excluding steroid dienone is 1. The highest BCUT2D eigenvalue weighted by molar-refractivity contribution is 7.22. The number of nitrogens with zero attached hydrogens (tertiary/aromatic N) is 3. The first kappa shape index (κ1) is 27.6. The van der Waals surface area contributed by atoms with Gasteiger partial charge < -0.3 is 0 Å². The predicted octanol–water partition coefficient (Wildman–Crippen LogP) is 12.2. The highest BCUT2D eigenvalue weighted by atomic mass is 32.1. The Morgan fingerprint density at radius 1 is 0.500 bits per heavy atom. The Kier molecular flexibility index (Phi) is 6.74. The molecular formula is C40H27N3S3. The van der Waals surface area contributed by atoms with Crippen molar-refractivity contribution in [3.8, 4) is 54.0 Å². The molecule has 0 spiro atoms. The number of aromatic nitrogens is 3. The van der Waals surface area contributed by atoms with Gasteiger partial charge in [0.15, 0.2) is 0 Å². The molecule has 8 aromatic rings. The molecule has 3 aromatic heterocycles. The summed E-state index contributed by atoms with van der Waals surface area (Å²) in [5, 5.41) is 3.16. The molecule has 0 saturated heterocycles. The molecule has 0 saturated carbocycles. The van der Waals surface area contributed by atoms with Gasteiger partial charge in [-0.1, -0.05) is 85.8 Å². The number of hydrogen-bond acceptors (Lipinski definition) is 6. The maximum Gasteiger partial charge on any atom is 0.124 e. The van der Waals surface area contributed by atoms with E-state index >= 15 is 0 Å². The van der Waals surface area contributed by atoms with E-state index in [-0.39, 0.29) is 0 Å². The van der Waals surface area contributed by atoms with E-state index < -0.39 is 0 Å². The standard InChI is InChI=1S/C40H27N3S3/c1-24-7-6-12-36-37(24)43-39(46-36)28-19-15-26(16-20-28)30-21-29(22-31(23-30)40-42-33-9-3-5-11-35(33)45-40)25-13-17-27(18-14-25)38-41-32-8-2-4-10-34(32)44-38/h2-6,8-24H,7H2,1H3. The largest absolute Gasteiger partial charge is 0.240 e. The lowest BCUT2D eigenvalue weighted by molar-refractivity contribution is 0.749. The van der Waals surface area contributed by atoms with Crippen molar-refractivity contribution in [3.05, 3.63) is 132 Å². The zero-order chi connectivity index (χ0) is 30.6. The Balaban J connectivity index is 1.11. The molecule has 3 nitrogen and oxygen atoms in total. The predicted molar refractivity (Wildman–Crippen MR) is 198 cm³/mol. The summed E-state index contributed by atoms with van der Waals surface area (Å²) in [7, 11) is 0. The summed E-state index contributed by atoms with van der Waals surface area (Å²) in [5.74, 6) is 0.475. The molecule has 6 heteroatoms. The molecule has 1 aliphatic rings. The SMILES string of the molecule is CC1CC=Cc2sc(-c3ccc(-c4cc(-c5ccc(-c6nc7ccccc7s6)cc5)cc(-c5nc6ccccc6s5)c4)cc3)nc21. The van der Waals surface area contributed by atoms with Gasteiger partial charge in [0.2, 0.25) is 0 Å². The molecule has 1 aliphatic carbocycles. The Morgan fingerprint density at radius 3 is 1.52 bits per heavy atom. The van der Waals surface area contributed by atoms with Crippen LogP contribution in [0.1, 0.15) is 29.8 Å². The molecule has 9 rings (SSSR count). The number of hydrogen-bond donors (Lipinski definition) is 0. The zero-order valence-corrected chi connectivity index (χ0v) is 27.4. The number of para-hydroxylation sites is 2. The zero-order valence-electron chi connectivity index (χ0n) is 25.0. The third-order valence-corrected chi connectivity index (χ3v) is 11.9.